The molecule has 0 fully saturated rings. The van der Waals surface area contributed by atoms with E-state index in [1.807, 2.05) is 31.2 Å². The van der Waals surface area contributed by atoms with E-state index in [-0.39, 0.29) is 17.2 Å². The van der Waals surface area contributed by atoms with Crippen LogP contribution in [0.2, 0.25) is 0 Å². The fraction of sp³-hybridized carbons (Fsp3) is 0.148. The van der Waals surface area contributed by atoms with Gasteiger partial charge in [-0.05, 0) is 67.9 Å². The molecule has 7 nitrogen and oxygen atoms in total. The molecule has 0 saturated carbocycles. The number of anilines is 1. The van der Waals surface area contributed by atoms with Crippen molar-refractivity contribution in [3.8, 4) is 28.3 Å². The number of hydrogen-bond acceptors (Lipinski definition) is 5. The molecule has 0 aliphatic carbocycles. The molecule has 0 aliphatic heterocycles. The lowest BCUT2D eigenvalue weighted by Gasteiger charge is -2.19. The minimum atomic E-state index is -0.377. The van der Waals surface area contributed by atoms with Crippen molar-refractivity contribution in [3.63, 3.8) is 0 Å². The van der Waals surface area contributed by atoms with Gasteiger partial charge in [0.2, 0.25) is 5.43 Å². The summed E-state index contributed by atoms with van der Waals surface area (Å²) in [7, 11) is 3.13. The first kappa shape index (κ1) is 22.8. The predicted octanol–water partition coefficient (Wildman–Crippen LogP) is 4.79. The summed E-state index contributed by atoms with van der Waals surface area (Å²) in [6.07, 6.45) is 0. The number of nitrogens with zero attached hydrogens (tertiary/aromatic N) is 2. The monoisotopic (exact) mass is 455 g/mol. The van der Waals surface area contributed by atoms with E-state index < -0.39 is 0 Å². The zero-order chi connectivity index (χ0) is 24.2. The Morgan fingerprint density at radius 3 is 2.21 bits per heavy atom. The van der Waals surface area contributed by atoms with Crippen molar-refractivity contribution in [3.05, 3.63) is 99.8 Å². The van der Waals surface area contributed by atoms with Crippen molar-refractivity contribution in [2.75, 3.05) is 19.5 Å². The molecular formula is C27H25N3O4. The number of hydrogen-bond donors (Lipinski definition) is 1. The van der Waals surface area contributed by atoms with Gasteiger partial charge in [0.05, 0.1) is 25.5 Å². The number of rotatable bonds is 6. The molecule has 0 bridgehead atoms. The maximum absolute atomic E-state index is 13.3. The van der Waals surface area contributed by atoms with Gasteiger partial charge in [0.15, 0.2) is 0 Å². The van der Waals surface area contributed by atoms with Crippen LogP contribution >= 0.6 is 0 Å². The average molecular weight is 456 g/mol. The maximum atomic E-state index is 13.3. The van der Waals surface area contributed by atoms with Crippen LogP contribution < -0.4 is 20.2 Å². The van der Waals surface area contributed by atoms with Crippen molar-refractivity contribution in [1.29, 1.82) is 0 Å². The van der Waals surface area contributed by atoms with Gasteiger partial charge >= 0.3 is 0 Å². The summed E-state index contributed by atoms with van der Waals surface area (Å²) in [5, 5.41) is 7.44. The standard InChI is InChI=1S/C27H25N3O4/c1-17-8-12-21(13-9-17)30-26(28-27(32)19-10-14-22(33-3)15-11-19)24(25(31)18(2)29-30)20-6-5-7-23(16-20)34-4/h5-16H,1-4H3,(H,28,32). The van der Waals surface area contributed by atoms with Crippen LogP contribution in [-0.4, -0.2) is 29.9 Å². The molecule has 4 aromatic rings. The quantitative estimate of drug-likeness (QED) is 0.452. The van der Waals surface area contributed by atoms with Gasteiger partial charge < -0.3 is 14.8 Å². The number of aromatic nitrogens is 2. The molecule has 172 valence electrons. The number of carbonyl (C=O) groups excluding carboxylic acids is 1. The highest BCUT2D eigenvalue weighted by Gasteiger charge is 2.21. The second-order valence-electron chi connectivity index (χ2n) is 7.80. The Labute approximate surface area is 197 Å². The minimum Gasteiger partial charge on any atom is -0.497 e. The molecule has 7 heteroatoms. The van der Waals surface area contributed by atoms with E-state index in [0.717, 1.165) is 5.56 Å². The lowest BCUT2D eigenvalue weighted by atomic mass is 10.0. The molecule has 0 spiro atoms. The second-order valence-corrected chi connectivity index (χ2v) is 7.80. The number of carbonyl (C=O) groups is 1. The third-order valence-electron chi connectivity index (χ3n) is 5.48. The summed E-state index contributed by atoms with van der Waals surface area (Å²) >= 11 is 0. The Bertz CT molecular complexity index is 1390. The zero-order valence-corrected chi connectivity index (χ0v) is 19.5. The van der Waals surface area contributed by atoms with Gasteiger partial charge in [0.1, 0.15) is 23.0 Å². The van der Waals surface area contributed by atoms with E-state index in [1.54, 1.807) is 74.4 Å². The summed E-state index contributed by atoms with van der Waals surface area (Å²) < 4.78 is 12.1. The van der Waals surface area contributed by atoms with Crippen LogP contribution in [0.15, 0.2) is 77.6 Å². The van der Waals surface area contributed by atoms with Gasteiger partial charge in [-0.3, -0.25) is 9.59 Å². The van der Waals surface area contributed by atoms with Crippen molar-refractivity contribution in [2.24, 2.45) is 0 Å². The number of benzene rings is 3. The summed E-state index contributed by atoms with van der Waals surface area (Å²) in [6, 6.07) is 21.6. The summed E-state index contributed by atoms with van der Waals surface area (Å²) in [5.41, 5.74) is 3.18. The Morgan fingerprint density at radius 2 is 1.56 bits per heavy atom. The third-order valence-corrected chi connectivity index (χ3v) is 5.48. The van der Waals surface area contributed by atoms with Crippen LogP contribution in [0.4, 0.5) is 5.82 Å². The molecule has 0 atom stereocenters. The average Bonchev–Trinajstić information content (AvgIpc) is 2.87. The largest absolute Gasteiger partial charge is 0.497 e. The van der Waals surface area contributed by atoms with Crippen molar-refractivity contribution >= 4 is 11.7 Å². The van der Waals surface area contributed by atoms with Gasteiger partial charge in [0, 0.05) is 5.56 Å². The van der Waals surface area contributed by atoms with E-state index in [4.69, 9.17) is 9.47 Å². The van der Waals surface area contributed by atoms with Crippen LogP contribution in [0.25, 0.3) is 16.8 Å². The topological polar surface area (TPSA) is 82.4 Å². The summed E-state index contributed by atoms with van der Waals surface area (Å²) in [4.78, 5) is 26.6. The minimum absolute atomic E-state index is 0.272. The van der Waals surface area contributed by atoms with Crippen LogP contribution in [-0.2, 0) is 0 Å². The van der Waals surface area contributed by atoms with Crippen LogP contribution in [0.1, 0.15) is 21.6 Å². The van der Waals surface area contributed by atoms with Crippen molar-refractivity contribution < 1.29 is 14.3 Å². The first-order chi connectivity index (χ1) is 16.4. The Morgan fingerprint density at radius 1 is 0.882 bits per heavy atom. The number of amides is 1. The van der Waals surface area contributed by atoms with Gasteiger partial charge in [-0.1, -0.05) is 29.8 Å². The van der Waals surface area contributed by atoms with Crippen molar-refractivity contribution in [1.82, 2.24) is 9.78 Å². The highest BCUT2D eigenvalue weighted by molar-refractivity contribution is 6.05. The molecule has 4 rings (SSSR count). The van der Waals surface area contributed by atoms with Crippen molar-refractivity contribution in [2.45, 2.75) is 13.8 Å². The summed E-state index contributed by atoms with van der Waals surface area (Å²) in [5.74, 6) is 1.13. The van der Waals surface area contributed by atoms with E-state index in [1.165, 1.54) is 0 Å². The number of nitrogens with one attached hydrogen (secondary N) is 1. The number of aryl methyl sites for hydroxylation is 2. The number of ether oxygens (including phenoxy) is 2. The summed E-state index contributed by atoms with van der Waals surface area (Å²) in [6.45, 7) is 3.65. The molecule has 1 amide bonds. The Balaban J connectivity index is 1.93. The fourth-order valence-corrected chi connectivity index (χ4v) is 3.60. The third kappa shape index (κ3) is 4.54. The van der Waals surface area contributed by atoms with Gasteiger partial charge in [0.25, 0.3) is 5.91 Å². The highest BCUT2D eigenvalue weighted by atomic mass is 16.5. The zero-order valence-electron chi connectivity index (χ0n) is 19.5. The molecule has 1 N–H and O–H groups in total. The van der Waals surface area contributed by atoms with E-state index in [2.05, 4.69) is 10.4 Å². The second kappa shape index (κ2) is 9.62. The fourth-order valence-electron chi connectivity index (χ4n) is 3.60. The van der Waals surface area contributed by atoms with Gasteiger partial charge in [-0.25, -0.2) is 4.68 Å². The van der Waals surface area contributed by atoms with Crippen LogP contribution in [0, 0.1) is 13.8 Å². The number of methoxy groups -OCH3 is 2. The van der Waals surface area contributed by atoms with Gasteiger partial charge in [-0.2, -0.15) is 5.10 Å². The lowest BCUT2D eigenvalue weighted by Crippen LogP contribution is -2.25. The SMILES string of the molecule is COc1ccc(C(=O)Nc2c(-c3cccc(OC)c3)c(=O)c(C)nn2-c2ccc(C)cc2)cc1. The molecule has 34 heavy (non-hydrogen) atoms. The first-order valence-corrected chi connectivity index (χ1v) is 10.7. The lowest BCUT2D eigenvalue weighted by molar-refractivity contribution is 0.102. The molecule has 3 aromatic carbocycles. The van der Waals surface area contributed by atoms with Gasteiger partial charge in [-0.15, -0.1) is 0 Å². The normalized spacial score (nSPS) is 10.6. The molecule has 1 aromatic heterocycles. The molecular weight excluding hydrogens is 430 g/mol. The predicted molar refractivity (Wildman–Crippen MR) is 132 cm³/mol. The highest BCUT2D eigenvalue weighted by Crippen LogP contribution is 2.30. The Hall–Kier alpha value is -4.39. The molecule has 0 radical (unpaired) electrons. The first-order valence-electron chi connectivity index (χ1n) is 10.7. The van der Waals surface area contributed by atoms with E-state index in [0.29, 0.717) is 39.6 Å². The van der Waals surface area contributed by atoms with Crippen LogP contribution in [0.5, 0.6) is 11.5 Å². The Kier molecular flexibility index (Phi) is 6.45. The van der Waals surface area contributed by atoms with E-state index in [9.17, 15) is 9.59 Å². The van der Waals surface area contributed by atoms with Crippen LogP contribution in [0.3, 0.4) is 0 Å². The maximum Gasteiger partial charge on any atom is 0.256 e. The molecule has 1 heterocycles. The smallest absolute Gasteiger partial charge is 0.256 e. The molecule has 0 aliphatic rings. The molecule has 0 saturated heterocycles. The molecule has 0 unspecified atom stereocenters. The van der Waals surface area contributed by atoms with E-state index >= 15 is 0 Å².